The zero-order chi connectivity index (χ0) is 26.1. The van der Waals surface area contributed by atoms with Crippen LogP contribution in [-0.4, -0.2) is 28.0 Å². The number of thiazole rings is 1. The Morgan fingerprint density at radius 1 is 1.22 bits per heavy atom. The lowest BCUT2D eigenvalue weighted by Crippen LogP contribution is -2.39. The molecule has 0 saturated carbocycles. The summed E-state index contributed by atoms with van der Waals surface area (Å²) in [6, 6.07) is 15.4. The summed E-state index contributed by atoms with van der Waals surface area (Å²) in [6.07, 6.45) is 7.83. The topological polar surface area (TPSA) is 65.6 Å². The predicted molar refractivity (Wildman–Crippen MR) is 151 cm³/mol. The Bertz CT molecular complexity index is 1720. The maximum Gasteiger partial charge on any atom is 0.338 e. The van der Waals surface area contributed by atoms with Crippen molar-refractivity contribution in [2.75, 3.05) is 12.9 Å². The number of carbonyl (C=O) groups excluding carboxylic acids is 1. The number of benzene rings is 2. The molecule has 0 saturated heterocycles. The second-order valence-corrected chi connectivity index (χ2v) is 10.5. The molecule has 0 bridgehead atoms. The predicted octanol–water partition coefficient (Wildman–Crippen LogP) is 4.66. The van der Waals surface area contributed by atoms with Gasteiger partial charge in [-0.05, 0) is 49.9 Å². The van der Waals surface area contributed by atoms with E-state index in [1.54, 1.807) is 30.2 Å². The minimum Gasteiger partial charge on any atom is -0.463 e. The van der Waals surface area contributed by atoms with Gasteiger partial charge in [0.2, 0.25) is 0 Å². The zero-order valence-corrected chi connectivity index (χ0v) is 22.6. The Kier molecular flexibility index (Phi) is 7.04. The first-order valence-electron chi connectivity index (χ1n) is 12.0. The maximum absolute atomic E-state index is 13.9. The summed E-state index contributed by atoms with van der Waals surface area (Å²) in [5.41, 5.74) is 3.63. The van der Waals surface area contributed by atoms with Crippen LogP contribution in [0, 0.1) is 0 Å². The molecule has 0 N–H and O–H groups in total. The summed E-state index contributed by atoms with van der Waals surface area (Å²) in [6.45, 7) is 8.35. The third-order valence-corrected chi connectivity index (χ3v) is 8.11. The number of thioether (sulfide) groups is 1. The summed E-state index contributed by atoms with van der Waals surface area (Å²) in [4.78, 5) is 33.3. The van der Waals surface area contributed by atoms with Gasteiger partial charge in [-0.3, -0.25) is 9.36 Å². The van der Waals surface area contributed by atoms with Gasteiger partial charge in [0.1, 0.15) is 0 Å². The van der Waals surface area contributed by atoms with Gasteiger partial charge < -0.3 is 9.30 Å². The van der Waals surface area contributed by atoms with Crippen molar-refractivity contribution in [1.29, 1.82) is 0 Å². The maximum atomic E-state index is 13.9. The minimum absolute atomic E-state index is 0.183. The van der Waals surface area contributed by atoms with Crippen LogP contribution in [-0.2, 0) is 16.1 Å². The highest BCUT2D eigenvalue weighted by Crippen LogP contribution is 2.31. The monoisotopic (exact) mass is 529 g/mol. The van der Waals surface area contributed by atoms with Crippen LogP contribution < -0.4 is 14.9 Å². The van der Waals surface area contributed by atoms with Gasteiger partial charge in [-0.25, -0.2) is 9.79 Å². The lowest BCUT2D eigenvalue weighted by Gasteiger charge is -2.24. The van der Waals surface area contributed by atoms with Crippen molar-refractivity contribution in [3.8, 4) is 0 Å². The van der Waals surface area contributed by atoms with Crippen molar-refractivity contribution in [3.63, 3.8) is 0 Å². The average molecular weight is 530 g/mol. The molecule has 1 atom stereocenters. The van der Waals surface area contributed by atoms with Gasteiger partial charge in [0, 0.05) is 34.1 Å². The molecule has 2 aromatic heterocycles. The molecule has 0 aliphatic carbocycles. The zero-order valence-electron chi connectivity index (χ0n) is 20.9. The Balaban J connectivity index is 1.73. The number of allylic oxidation sites excluding steroid dienone is 2. The van der Waals surface area contributed by atoms with Gasteiger partial charge in [0.05, 0.1) is 28.5 Å². The molecule has 3 heterocycles. The molecular weight excluding hydrogens is 502 g/mol. The normalized spacial score (nSPS) is 15.5. The molecule has 1 aliphatic rings. The van der Waals surface area contributed by atoms with E-state index in [4.69, 9.17) is 4.74 Å². The summed E-state index contributed by atoms with van der Waals surface area (Å²) in [7, 11) is 0. The summed E-state index contributed by atoms with van der Waals surface area (Å²) < 4.78 is 9.69. The van der Waals surface area contributed by atoms with Crippen LogP contribution in [0.25, 0.3) is 17.0 Å². The highest BCUT2D eigenvalue weighted by atomic mass is 32.2. The first-order valence-corrected chi connectivity index (χ1v) is 14.0. The second-order valence-electron chi connectivity index (χ2n) is 8.62. The van der Waals surface area contributed by atoms with E-state index < -0.39 is 12.0 Å². The van der Waals surface area contributed by atoms with Crippen molar-refractivity contribution in [2.24, 2.45) is 4.99 Å². The third-order valence-electron chi connectivity index (χ3n) is 6.38. The van der Waals surface area contributed by atoms with Crippen molar-refractivity contribution in [3.05, 3.63) is 109 Å². The Morgan fingerprint density at radius 2 is 1.97 bits per heavy atom. The molecular formula is C29H27N3O3S2. The first kappa shape index (κ1) is 25.0. The molecule has 5 rings (SSSR count). The molecule has 2 aromatic carbocycles. The SMILES string of the molecule is C=CCn1cc(C=c2sc3n(c2=O)C(c2ccc(SC)cc2)C(C(=O)OCC)=C(C)N=3)c2ccccc21. The quantitative estimate of drug-likeness (QED) is 0.198. The van der Waals surface area contributed by atoms with Gasteiger partial charge in [-0.15, -0.1) is 18.3 Å². The van der Waals surface area contributed by atoms with Crippen molar-refractivity contribution in [2.45, 2.75) is 31.3 Å². The number of carbonyl (C=O) groups is 1. The van der Waals surface area contributed by atoms with Crippen LogP contribution in [0.3, 0.4) is 0 Å². The van der Waals surface area contributed by atoms with Crippen LogP contribution in [0.5, 0.6) is 0 Å². The number of ether oxygens (including phenoxy) is 1. The highest BCUT2D eigenvalue weighted by Gasteiger charge is 2.33. The number of hydrogen-bond acceptors (Lipinski definition) is 6. The smallest absolute Gasteiger partial charge is 0.338 e. The second kappa shape index (κ2) is 10.4. The van der Waals surface area contributed by atoms with E-state index in [1.807, 2.05) is 61.0 Å². The molecule has 1 aliphatic heterocycles. The fourth-order valence-corrected chi connectivity index (χ4v) is 6.16. The molecule has 0 radical (unpaired) electrons. The fraction of sp³-hybridized carbons (Fsp3) is 0.207. The Morgan fingerprint density at radius 3 is 2.68 bits per heavy atom. The van der Waals surface area contributed by atoms with E-state index in [-0.39, 0.29) is 12.2 Å². The van der Waals surface area contributed by atoms with Gasteiger partial charge >= 0.3 is 5.97 Å². The standard InChI is InChI=1S/C29H27N3O3S2/c1-5-15-31-17-20(22-9-7-8-10-23(22)31)16-24-27(33)32-26(19-11-13-21(36-4)14-12-19)25(28(34)35-6-2)18(3)30-29(32)37-24/h5,7-14,16-17,26H,1,6,15H2,2-4H3. The molecule has 37 heavy (non-hydrogen) atoms. The summed E-state index contributed by atoms with van der Waals surface area (Å²) in [5, 5.41) is 1.06. The molecule has 1 unspecified atom stereocenters. The van der Waals surface area contributed by atoms with E-state index in [1.165, 1.54) is 11.3 Å². The molecule has 6 nitrogen and oxygen atoms in total. The van der Waals surface area contributed by atoms with E-state index in [0.717, 1.165) is 26.9 Å². The number of nitrogens with zero attached hydrogens (tertiary/aromatic N) is 3. The number of esters is 1. The fourth-order valence-electron chi connectivity index (χ4n) is 4.71. The molecule has 4 aromatic rings. The number of hydrogen-bond donors (Lipinski definition) is 0. The van der Waals surface area contributed by atoms with Gasteiger partial charge in [-0.1, -0.05) is 47.7 Å². The van der Waals surface area contributed by atoms with Crippen molar-refractivity contribution < 1.29 is 9.53 Å². The largest absolute Gasteiger partial charge is 0.463 e. The van der Waals surface area contributed by atoms with Crippen LogP contribution in [0.2, 0.25) is 0 Å². The minimum atomic E-state index is -0.615. The molecule has 0 fully saturated rings. The summed E-state index contributed by atoms with van der Waals surface area (Å²) in [5.74, 6) is -0.454. The molecule has 188 valence electrons. The highest BCUT2D eigenvalue weighted by molar-refractivity contribution is 7.98. The lowest BCUT2D eigenvalue weighted by molar-refractivity contribution is -0.139. The van der Waals surface area contributed by atoms with Crippen LogP contribution in [0.15, 0.2) is 93.3 Å². The number of aromatic nitrogens is 2. The van der Waals surface area contributed by atoms with E-state index in [2.05, 4.69) is 28.3 Å². The van der Waals surface area contributed by atoms with Gasteiger partial charge in [0.25, 0.3) is 5.56 Å². The lowest BCUT2D eigenvalue weighted by atomic mass is 9.96. The number of rotatable bonds is 7. The average Bonchev–Trinajstić information content (AvgIpc) is 3.40. The van der Waals surface area contributed by atoms with Crippen LogP contribution in [0.4, 0.5) is 0 Å². The Hall–Kier alpha value is -3.62. The van der Waals surface area contributed by atoms with Crippen molar-refractivity contribution in [1.82, 2.24) is 9.13 Å². The van der Waals surface area contributed by atoms with E-state index >= 15 is 0 Å². The third kappa shape index (κ3) is 4.51. The van der Waals surface area contributed by atoms with Crippen molar-refractivity contribution >= 4 is 46.0 Å². The molecule has 0 spiro atoms. The Labute approximate surface area is 222 Å². The van der Waals surface area contributed by atoms with E-state index in [0.29, 0.717) is 27.1 Å². The van der Waals surface area contributed by atoms with Crippen LogP contribution >= 0.6 is 23.1 Å². The number of para-hydroxylation sites is 1. The number of fused-ring (bicyclic) bond motifs is 2. The molecule has 0 amide bonds. The van der Waals surface area contributed by atoms with Gasteiger partial charge in [-0.2, -0.15) is 0 Å². The summed E-state index contributed by atoms with van der Waals surface area (Å²) >= 11 is 2.97. The van der Waals surface area contributed by atoms with Gasteiger partial charge in [0.15, 0.2) is 4.80 Å². The van der Waals surface area contributed by atoms with E-state index in [9.17, 15) is 9.59 Å². The molecule has 8 heteroatoms. The first-order chi connectivity index (χ1) is 18.0. The van der Waals surface area contributed by atoms with Crippen LogP contribution in [0.1, 0.15) is 31.0 Å².